The zero-order chi connectivity index (χ0) is 11.8. The van der Waals surface area contributed by atoms with E-state index in [0.717, 1.165) is 11.5 Å². The molecule has 0 aromatic rings. The minimum Gasteiger partial charge on any atom is -0.282 e. The Kier molecular flexibility index (Phi) is 7.87. The van der Waals surface area contributed by atoms with Crippen molar-refractivity contribution < 1.29 is 4.79 Å². The van der Waals surface area contributed by atoms with Crippen LogP contribution in [0.5, 0.6) is 0 Å². The van der Waals surface area contributed by atoms with Gasteiger partial charge in [-0.05, 0) is 22.8 Å². The van der Waals surface area contributed by atoms with Crippen molar-refractivity contribution in [2.45, 2.75) is 18.6 Å². The molecule has 16 heavy (non-hydrogen) atoms. The lowest BCUT2D eigenvalue weighted by atomic mass is 10.3. The van der Waals surface area contributed by atoms with Gasteiger partial charge in [-0.15, -0.1) is 23.5 Å². The SMILES string of the molecule is C=CC(=O)SCCSC(C)CC1=CSCS1. The van der Waals surface area contributed by atoms with Gasteiger partial charge in [-0.3, -0.25) is 4.79 Å². The van der Waals surface area contributed by atoms with Gasteiger partial charge in [0.05, 0.1) is 0 Å². The summed E-state index contributed by atoms with van der Waals surface area (Å²) < 4.78 is 0. The van der Waals surface area contributed by atoms with E-state index in [2.05, 4.69) is 18.9 Å². The molecule has 0 N–H and O–H groups in total. The number of allylic oxidation sites excluding steroid dienone is 1. The minimum absolute atomic E-state index is 0.0821. The quantitative estimate of drug-likeness (QED) is 0.514. The fourth-order valence-electron chi connectivity index (χ4n) is 1.17. The Morgan fingerprint density at radius 3 is 3.12 bits per heavy atom. The Hall–Kier alpha value is 0.550. The van der Waals surface area contributed by atoms with E-state index in [9.17, 15) is 4.79 Å². The van der Waals surface area contributed by atoms with Gasteiger partial charge in [0.15, 0.2) is 0 Å². The zero-order valence-electron chi connectivity index (χ0n) is 9.31. The molecule has 1 rings (SSSR count). The predicted octanol–water partition coefficient (Wildman–Crippen LogP) is 4.22. The van der Waals surface area contributed by atoms with Gasteiger partial charge in [0.1, 0.15) is 0 Å². The van der Waals surface area contributed by atoms with Crippen LogP contribution < -0.4 is 0 Å². The first-order chi connectivity index (χ1) is 7.72. The summed E-state index contributed by atoms with van der Waals surface area (Å²) in [7, 11) is 0. The average molecular weight is 293 g/mol. The first-order valence-electron chi connectivity index (χ1n) is 5.06. The molecule has 0 aliphatic carbocycles. The van der Waals surface area contributed by atoms with Crippen LogP contribution in [0.25, 0.3) is 0 Å². The van der Waals surface area contributed by atoms with Crippen molar-refractivity contribution in [3.8, 4) is 0 Å². The molecule has 1 aliphatic heterocycles. The predicted molar refractivity (Wildman–Crippen MR) is 82.3 cm³/mol. The Labute approximate surface area is 115 Å². The van der Waals surface area contributed by atoms with Crippen molar-refractivity contribution in [3.05, 3.63) is 23.0 Å². The molecule has 0 radical (unpaired) electrons. The smallest absolute Gasteiger partial charge is 0.211 e. The number of carbonyl (C=O) groups excluding carboxylic acids is 1. The van der Waals surface area contributed by atoms with E-state index >= 15 is 0 Å². The molecule has 1 atom stereocenters. The first kappa shape index (κ1) is 14.6. The van der Waals surface area contributed by atoms with Crippen molar-refractivity contribution in [2.24, 2.45) is 0 Å². The van der Waals surface area contributed by atoms with E-state index in [0.29, 0.717) is 5.25 Å². The molecule has 0 aromatic carbocycles. The molecule has 5 heteroatoms. The van der Waals surface area contributed by atoms with Gasteiger partial charge in [-0.1, -0.05) is 25.3 Å². The monoisotopic (exact) mass is 292 g/mol. The molecule has 0 bridgehead atoms. The third kappa shape index (κ3) is 6.33. The Balaban J connectivity index is 2.03. The summed E-state index contributed by atoms with van der Waals surface area (Å²) in [6.07, 6.45) is 2.55. The van der Waals surface area contributed by atoms with E-state index in [1.807, 2.05) is 35.3 Å². The molecular formula is C11H16OS4. The maximum absolute atomic E-state index is 11.0. The molecule has 90 valence electrons. The lowest BCUT2D eigenvalue weighted by molar-refractivity contribution is -0.107. The highest BCUT2D eigenvalue weighted by Gasteiger charge is 2.10. The maximum atomic E-state index is 11.0. The number of thioether (sulfide) groups is 4. The topological polar surface area (TPSA) is 17.1 Å². The van der Waals surface area contributed by atoms with Crippen LogP contribution in [-0.4, -0.2) is 27.0 Å². The van der Waals surface area contributed by atoms with Gasteiger partial charge in [-0.25, -0.2) is 0 Å². The van der Waals surface area contributed by atoms with Crippen LogP contribution in [0.1, 0.15) is 13.3 Å². The van der Waals surface area contributed by atoms with Crippen LogP contribution in [0, 0.1) is 0 Å². The van der Waals surface area contributed by atoms with Crippen LogP contribution >= 0.6 is 47.0 Å². The second-order valence-corrected chi connectivity index (χ2v) is 8.24. The van der Waals surface area contributed by atoms with Crippen molar-refractivity contribution in [2.75, 3.05) is 16.6 Å². The number of carbonyl (C=O) groups is 1. The van der Waals surface area contributed by atoms with Crippen molar-refractivity contribution in [3.63, 3.8) is 0 Å². The summed E-state index contributed by atoms with van der Waals surface area (Å²) in [5, 5.41) is 4.18. The van der Waals surface area contributed by atoms with E-state index in [1.54, 1.807) is 0 Å². The van der Waals surface area contributed by atoms with Crippen molar-refractivity contribution >= 4 is 52.2 Å². The molecule has 1 unspecified atom stereocenters. The highest BCUT2D eigenvalue weighted by Crippen LogP contribution is 2.36. The fraction of sp³-hybridized carbons (Fsp3) is 0.545. The Morgan fingerprint density at radius 2 is 2.50 bits per heavy atom. The highest BCUT2D eigenvalue weighted by molar-refractivity contribution is 8.22. The first-order valence-corrected chi connectivity index (χ1v) is 9.13. The van der Waals surface area contributed by atoms with Gasteiger partial charge < -0.3 is 0 Å². The summed E-state index contributed by atoms with van der Waals surface area (Å²) in [4.78, 5) is 12.5. The van der Waals surface area contributed by atoms with Gasteiger partial charge in [0.2, 0.25) is 5.12 Å². The van der Waals surface area contributed by atoms with E-state index < -0.39 is 0 Å². The van der Waals surface area contributed by atoms with Crippen molar-refractivity contribution in [1.29, 1.82) is 0 Å². The maximum Gasteiger partial charge on any atom is 0.211 e. The lowest BCUT2D eigenvalue weighted by Crippen LogP contribution is -2.00. The second-order valence-electron chi connectivity index (χ2n) is 3.27. The minimum atomic E-state index is 0.0821. The van der Waals surface area contributed by atoms with Crippen LogP contribution in [0.15, 0.2) is 23.0 Å². The van der Waals surface area contributed by atoms with Crippen molar-refractivity contribution in [1.82, 2.24) is 0 Å². The van der Waals surface area contributed by atoms with Crippen LogP contribution in [0.2, 0.25) is 0 Å². The number of hydrogen-bond donors (Lipinski definition) is 0. The molecule has 0 aromatic heterocycles. The zero-order valence-corrected chi connectivity index (χ0v) is 12.6. The molecule has 0 spiro atoms. The normalized spacial score (nSPS) is 16.9. The van der Waals surface area contributed by atoms with Crippen LogP contribution in [-0.2, 0) is 4.79 Å². The third-order valence-electron chi connectivity index (χ3n) is 1.91. The molecular weight excluding hydrogens is 276 g/mol. The fourth-order valence-corrected chi connectivity index (χ4v) is 5.29. The summed E-state index contributed by atoms with van der Waals surface area (Å²) in [5.74, 6) is 1.93. The molecule has 1 aliphatic rings. The summed E-state index contributed by atoms with van der Waals surface area (Å²) in [6.45, 7) is 5.71. The van der Waals surface area contributed by atoms with E-state index in [-0.39, 0.29) is 5.12 Å². The lowest BCUT2D eigenvalue weighted by Gasteiger charge is -2.10. The van der Waals surface area contributed by atoms with Crippen LogP contribution in [0.3, 0.4) is 0 Å². The summed E-state index contributed by atoms with van der Waals surface area (Å²) in [5.41, 5.74) is 0. The van der Waals surface area contributed by atoms with Gasteiger partial charge in [-0.2, -0.15) is 11.8 Å². The van der Waals surface area contributed by atoms with E-state index in [4.69, 9.17) is 0 Å². The molecule has 0 saturated carbocycles. The van der Waals surface area contributed by atoms with Gasteiger partial charge in [0.25, 0.3) is 0 Å². The third-order valence-corrected chi connectivity index (χ3v) is 6.48. The number of rotatable bonds is 7. The Bertz CT molecular complexity index is 275. The van der Waals surface area contributed by atoms with Crippen LogP contribution in [0.4, 0.5) is 0 Å². The summed E-state index contributed by atoms with van der Waals surface area (Å²) in [6, 6.07) is 0. The molecule has 0 amide bonds. The highest BCUT2D eigenvalue weighted by atomic mass is 32.2. The molecule has 0 saturated heterocycles. The largest absolute Gasteiger partial charge is 0.282 e. The standard InChI is InChI=1S/C11H16OS4/c1-3-11(12)15-5-4-14-9(2)6-10-7-13-8-16-10/h3,7,9H,1,4-6,8H2,2H3. The number of hydrogen-bond acceptors (Lipinski definition) is 5. The Morgan fingerprint density at radius 1 is 1.69 bits per heavy atom. The molecule has 0 fully saturated rings. The van der Waals surface area contributed by atoms with Gasteiger partial charge in [0, 0.05) is 21.8 Å². The second kappa shape index (κ2) is 8.61. The van der Waals surface area contributed by atoms with Gasteiger partial charge >= 0.3 is 0 Å². The van der Waals surface area contributed by atoms with E-state index in [1.165, 1.54) is 34.2 Å². The molecule has 1 nitrogen and oxygen atoms in total. The summed E-state index contributed by atoms with van der Waals surface area (Å²) >= 11 is 7.15. The molecule has 1 heterocycles. The average Bonchev–Trinajstić information content (AvgIpc) is 2.76.